The minimum Gasteiger partial charge on any atom is -0.481 e. The maximum absolute atomic E-state index is 10.7. The van der Waals surface area contributed by atoms with Crippen molar-refractivity contribution in [3.8, 4) is 0 Å². The van der Waals surface area contributed by atoms with Crippen molar-refractivity contribution in [1.29, 1.82) is 0 Å². The normalized spacial score (nSPS) is 32.3. The Morgan fingerprint density at radius 2 is 2.07 bits per heavy atom. The Labute approximate surface area is 80.7 Å². The first kappa shape index (κ1) is 10.9. The first-order valence-corrected chi connectivity index (χ1v) is 4.20. The Balaban J connectivity index is 2.62. The third-order valence-electron chi connectivity index (χ3n) is 2.57. The van der Waals surface area contributed by atoms with Gasteiger partial charge in [-0.25, -0.2) is 0 Å². The van der Waals surface area contributed by atoms with Crippen molar-refractivity contribution in [2.24, 2.45) is 23.5 Å². The smallest absolute Gasteiger partial charge is 0.320 e. The van der Waals surface area contributed by atoms with E-state index in [0.29, 0.717) is 0 Å². The summed E-state index contributed by atoms with van der Waals surface area (Å²) in [5, 5.41) is 17.4. The second-order valence-corrected chi connectivity index (χ2v) is 3.42. The number of nitrogens with two attached hydrogens (primary N) is 1. The van der Waals surface area contributed by atoms with Crippen LogP contribution in [0, 0.1) is 17.8 Å². The van der Waals surface area contributed by atoms with Crippen molar-refractivity contribution in [3.63, 3.8) is 0 Å². The lowest BCUT2D eigenvalue weighted by molar-refractivity contribution is -0.140. The molecule has 1 saturated carbocycles. The lowest BCUT2D eigenvalue weighted by Gasteiger charge is -2.03. The molecule has 0 radical (unpaired) electrons. The molecule has 80 valence electrons. The minimum atomic E-state index is -1.17. The van der Waals surface area contributed by atoms with Crippen molar-refractivity contribution in [3.05, 3.63) is 0 Å². The minimum absolute atomic E-state index is 0.239. The molecule has 6 heteroatoms. The fourth-order valence-electron chi connectivity index (χ4n) is 1.81. The van der Waals surface area contributed by atoms with E-state index < -0.39 is 29.8 Å². The fourth-order valence-corrected chi connectivity index (χ4v) is 1.81. The van der Waals surface area contributed by atoms with Gasteiger partial charge in [-0.3, -0.25) is 9.59 Å². The second-order valence-electron chi connectivity index (χ2n) is 3.42. The van der Waals surface area contributed by atoms with Crippen LogP contribution in [0.25, 0.3) is 0 Å². The molecule has 1 rings (SSSR count). The van der Waals surface area contributed by atoms with E-state index in [-0.39, 0.29) is 12.5 Å². The molecular weight excluding hydrogens is 190 g/mol. The molecule has 1 fully saturated rings. The van der Waals surface area contributed by atoms with Gasteiger partial charge in [-0.15, -0.1) is 0 Å². The number of carboxylic acids is 2. The topological polar surface area (TPSA) is 110 Å². The van der Waals surface area contributed by atoms with Crippen LogP contribution in [0.3, 0.4) is 0 Å². The highest BCUT2D eigenvalue weighted by Crippen LogP contribution is 2.48. The van der Waals surface area contributed by atoms with Crippen LogP contribution in [0.15, 0.2) is 0 Å². The molecule has 0 saturated heterocycles. The van der Waals surface area contributed by atoms with E-state index >= 15 is 0 Å². The van der Waals surface area contributed by atoms with E-state index in [9.17, 15) is 9.59 Å². The highest BCUT2D eigenvalue weighted by atomic mass is 16.5. The first-order valence-electron chi connectivity index (χ1n) is 4.20. The summed E-state index contributed by atoms with van der Waals surface area (Å²) in [4.78, 5) is 21.2. The summed E-state index contributed by atoms with van der Waals surface area (Å²) in [6, 6.07) is -1.11. The summed E-state index contributed by atoms with van der Waals surface area (Å²) in [7, 11) is 1.45. The monoisotopic (exact) mass is 203 g/mol. The number of aliphatic carboxylic acids is 2. The number of ether oxygens (including phenoxy) is 1. The summed E-state index contributed by atoms with van der Waals surface area (Å²) < 4.78 is 4.79. The Hall–Kier alpha value is -1.14. The highest BCUT2D eigenvalue weighted by Gasteiger charge is 2.59. The first-order chi connectivity index (χ1) is 6.50. The maximum atomic E-state index is 10.7. The van der Waals surface area contributed by atoms with E-state index in [4.69, 9.17) is 20.7 Å². The van der Waals surface area contributed by atoms with E-state index in [1.54, 1.807) is 0 Å². The quantitative estimate of drug-likeness (QED) is 0.528. The molecule has 1 aliphatic rings. The molecular formula is C8H13NO5. The lowest BCUT2D eigenvalue weighted by Crippen LogP contribution is -2.34. The summed E-state index contributed by atoms with van der Waals surface area (Å²) in [5.74, 6) is -3.64. The molecule has 4 atom stereocenters. The Kier molecular flexibility index (Phi) is 3.07. The summed E-state index contributed by atoms with van der Waals surface area (Å²) in [6.07, 6.45) is 0. The van der Waals surface area contributed by atoms with E-state index in [1.807, 2.05) is 0 Å². The fraction of sp³-hybridized carbons (Fsp3) is 0.750. The SMILES string of the molecule is COC[C@@H]1[C@@H](C(=O)O)[C@H]1[C@H](N)C(=O)O. The van der Waals surface area contributed by atoms with Crippen LogP contribution in [0.2, 0.25) is 0 Å². The van der Waals surface area contributed by atoms with Gasteiger partial charge in [-0.2, -0.15) is 0 Å². The molecule has 0 heterocycles. The molecule has 0 aromatic rings. The Bertz CT molecular complexity index is 254. The summed E-state index contributed by atoms with van der Waals surface area (Å²) in [6.45, 7) is 0.239. The molecule has 0 amide bonds. The highest BCUT2D eigenvalue weighted by molar-refractivity contribution is 5.80. The average Bonchev–Trinajstić information content (AvgIpc) is 2.78. The van der Waals surface area contributed by atoms with E-state index in [1.165, 1.54) is 7.11 Å². The van der Waals surface area contributed by atoms with Crippen LogP contribution in [0.4, 0.5) is 0 Å². The average molecular weight is 203 g/mol. The molecule has 0 bridgehead atoms. The summed E-state index contributed by atoms with van der Waals surface area (Å²) in [5.41, 5.74) is 5.35. The molecule has 0 aromatic heterocycles. The van der Waals surface area contributed by atoms with Gasteiger partial charge in [0.2, 0.25) is 0 Å². The van der Waals surface area contributed by atoms with Crippen LogP contribution in [-0.2, 0) is 14.3 Å². The van der Waals surface area contributed by atoms with Crippen LogP contribution in [0.1, 0.15) is 0 Å². The van der Waals surface area contributed by atoms with E-state index in [2.05, 4.69) is 0 Å². The van der Waals surface area contributed by atoms with Crippen molar-refractivity contribution in [1.82, 2.24) is 0 Å². The standard InChI is InChI=1S/C8H13NO5/c1-14-2-3-4(5(3)7(10)11)6(9)8(12)13/h3-6H,2,9H2,1H3,(H,10,11)(H,12,13)/t3-,4-,5+,6-/m0/s1. The zero-order valence-corrected chi connectivity index (χ0v) is 7.71. The molecule has 1 aliphatic carbocycles. The van der Waals surface area contributed by atoms with Gasteiger partial charge < -0.3 is 20.7 Å². The second kappa shape index (κ2) is 3.93. The van der Waals surface area contributed by atoms with Crippen LogP contribution in [-0.4, -0.2) is 41.9 Å². The molecule has 0 aliphatic heterocycles. The molecule has 14 heavy (non-hydrogen) atoms. The number of hydrogen-bond donors (Lipinski definition) is 3. The van der Waals surface area contributed by atoms with Gasteiger partial charge in [-0.1, -0.05) is 0 Å². The van der Waals surface area contributed by atoms with Gasteiger partial charge in [0, 0.05) is 18.9 Å². The van der Waals surface area contributed by atoms with Crippen LogP contribution < -0.4 is 5.73 Å². The number of rotatable bonds is 5. The van der Waals surface area contributed by atoms with Crippen molar-refractivity contribution < 1.29 is 24.5 Å². The van der Waals surface area contributed by atoms with Gasteiger partial charge in [0.1, 0.15) is 6.04 Å². The van der Waals surface area contributed by atoms with Crippen molar-refractivity contribution in [2.45, 2.75) is 6.04 Å². The van der Waals surface area contributed by atoms with Gasteiger partial charge in [0.25, 0.3) is 0 Å². The third kappa shape index (κ3) is 1.85. The van der Waals surface area contributed by atoms with E-state index in [0.717, 1.165) is 0 Å². The van der Waals surface area contributed by atoms with Gasteiger partial charge >= 0.3 is 11.9 Å². The zero-order chi connectivity index (χ0) is 10.9. The van der Waals surface area contributed by atoms with Gasteiger partial charge in [0.15, 0.2) is 0 Å². The summed E-state index contributed by atoms with van der Waals surface area (Å²) >= 11 is 0. The van der Waals surface area contributed by atoms with Crippen molar-refractivity contribution in [2.75, 3.05) is 13.7 Å². The molecule has 4 N–H and O–H groups in total. The van der Waals surface area contributed by atoms with Gasteiger partial charge in [0.05, 0.1) is 12.5 Å². The van der Waals surface area contributed by atoms with Crippen molar-refractivity contribution >= 4 is 11.9 Å². The largest absolute Gasteiger partial charge is 0.481 e. The molecule has 0 spiro atoms. The van der Waals surface area contributed by atoms with Crippen LogP contribution >= 0.6 is 0 Å². The number of methoxy groups -OCH3 is 1. The lowest BCUT2D eigenvalue weighted by atomic mass is 10.1. The maximum Gasteiger partial charge on any atom is 0.320 e. The predicted octanol–water partition coefficient (Wildman–Crippen LogP) is -1.01. The number of carboxylic acid groups (broad SMARTS) is 2. The predicted molar refractivity (Wildman–Crippen MR) is 45.6 cm³/mol. The Morgan fingerprint density at radius 1 is 1.50 bits per heavy atom. The molecule has 6 nitrogen and oxygen atoms in total. The number of hydrogen-bond acceptors (Lipinski definition) is 4. The Morgan fingerprint density at radius 3 is 2.43 bits per heavy atom. The molecule has 0 aromatic carbocycles. The zero-order valence-electron chi connectivity index (χ0n) is 7.71. The van der Waals surface area contributed by atoms with Crippen LogP contribution in [0.5, 0.6) is 0 Å². The molecule has 0 unspecified atom stereocenters. The number of carbonyl (C=O) groups is 2. The third-order valence-corrected chi connectivity index (χ3v) is 2.57. The van der Waals surface area contributed by atoms with Gasteiger partial charge in [-0.05, 0) is 0 Å².